The van der Waals surface area contributed by atoms with E-state index in [1.165, 1.54) is 12.8 Å². The summed E-state index contributed by atoms with van der Waals surface area (Å²) in [6.07, 6.45) is 5.14. The molecule has 4 heteroatoms. The van der Waals surface area contributed by atoms with Crippen molar-refractivity contribution in [1.29, 1.82) is 0 Å². The third kappa shape index (κ3) is 5.90. The van der Waals surface area contributed by atoms with Crippen molar-refractivity contribution in [1.82, 2.24) is 0 Å². The van der Waals surface area contributed by atoms with E-state index < -0.39 is 7.94 Å². The van der Waals surface area contributed by atoms with Gasteiger partial charge in [0.15, 0.2) is 0 Å². The van der Waals surface area contributed by atoms with E-state index in [-0.39, 0.29) is 5.66 Å². The first-order valence-corrected chi connectivity index (χ1v) is 6.27. The molecule has 0 aromatic carbocycles. The van der Waals surface area contributed by atoms with E-state index in [1.54, 1.807) is 6.92 Å². The Balaban J connectivity index is 3.38. The lowest BCUT2D eigenvalue weighted by Crippen LogP contribution is -2.08. The van der Waals surface area contributed by atoms with Crippen LogP contribution in [0.15, 0.2) is 0 Å². The Morgan fingerprint density at radius 1 is 1.08 bits per heavy atom. The lowest BCUT2D eigenvalue weighted by atomic mass is 10.1. The van der Waals surface area contributed by atoms with E-state index in [0.29, 0.717) is 6.42 Å². The standard InChI is InChI=1S/C8H20O3P/c1-3-4-5-6-7-8(2)12(9,10)11/h8-11H,3-7H2,1-2H3/q+1. The highest BCUT2D eigenvalue weighted by Crippen LogP contribution is 2.51. The van der Waals surface area contributed by atoms with E-state index in [9.17, 15) is 0 Å². The summed E-state index contributed by atoms with van der Waals surface area (Å²) >= 11 is 0. The highest BCUT2D eigenvalue weighted by atomic mass is 31.2. The number of hydrogen-bond acceptors (Lipinski definition) is 3. The minimum atomic E-state index is -3.56. The second-order valence-electron chi connectivity index (χ2n) is 3.31. The molecule has 1 atom stereocenters. The van der Waals surface area contributed by atoms with E-state index in [0.717, 1.165) is 12.8 Å². The lowest BCUT2D eigenvalue weighted by Gasteiger charge is -2.11. The number of rotatable bonds is 6. The largest absolute Gasteiger partial charge is 0.406 e. The van der Waals surface area contributed by atoms with Gasteiger partial charge in [0.1, 0.15) is 5.66 Å². The minimum Gasteiger partial charge on any atom is -0.193 e. The number of unbranched alkanes of at least 4 members (excludes halogenated alkanes) is 3. The fourth-order valence-electron chi connectivity index (χ4n) is 1.04. The molecule has 0 spiro atoms. The maximum Gasteiger partial charge on any atom is 0.406 e. The van der Waals surface area contributed by atoms with E-state index in [4.69, 9.17) is 14.7 Å². The molecule has 0 aliphatic heterocycles. The van der Waals surface area contributed by atoms with Crippen molar-refractivity contribution < 1.29 is 14.7 Å². The van der Waals surface area contributed by atoms with E-state index >= 15 is 0 Å². The van der Waals surface area contributed by atoms with Crippen LogP contribution in [-0.2, 0) is 0 Å². The van der Waals surface area contributed by atoms with Crippen molar-refractivity contribution in [2.75, 3.05) is 0 Å². The van der Waals surface area contributed by atoms with Crippen molar-refractivity contribution in [2.24, 2.45) is 0 Å². The predicted molar refractivity (Wildman–Crippen MR) is 51.8 cm³/mol. The van der Waals surface area contributed by atoms with Gasteiger partial charge in [-0.1, -0.05) is 26.2 Å². The quantitative estimate of drug-likeness (QED) is 0.449. The summed E-state index contributed by atoms with van der Waals surface area (Å²) in [5, 5.41) is 0. The van der Waals surface area contributed by atoms with Gasteiger partial charge in [0.05, 0.1) is 0 Å². The van der Waals surface area contributed by atoms with Crippen LogP contribution >= 0.6 is 7.94 Å². The maximum absolute atomic E-state index is 8.86. The first kappa shape index (κ1) is 12.3. The van der Waals surface area contributed by atoms with Gasteiger partial charge in [0, 0.05) is 0 Å². The molecule has 1 unspecified atom stereocenters. The van der Waals surface area contributed by atoms with Crippen molar-refractivity contribution in [3.63, 3.8) is 0 Å². The molecule has 12 heavy (non-hydrogen) atoms. The van der Waals surface area contributed by atoms with E-state index in [1.807, 2.05) is 0 Å². The summed E-state index contributed by atoms with van der Waals surface area (Å²) in [6, 6.07) is 0. The molecule has 0 rings (SSSR count). The van der Waals surface area contributed by atoms with Crippen molar-refractivity contribution in [2.45, 2.75) is 51.6 Å². The van der Waals surface area contributed by atoms with Crippen molar-refractivity contribution in [3.05, 3.63) is 0 Å². The Bertz CT molecular complexity index is 111. The molecule has 0 fully saturated rings. The Morgan fingerprint density at radius 3 is 2.08 bits per heavy atom. The second-order valence-corrected chi connectivity index (χ2v) is 5.42. The van der Waals surface area contributed by atoms with Crippen molar-refractivity contribution in [3.8, 4) is 0 Å². The lowest BCUT2D eigenvalue weighted by molar-refractivity contribution is 0.313. The molecule has 0 heterocycles. The molecular formula is C8H20O3P+. The van der Waals surface area contributed by atoms with Crippen LogP contribution in [-0.4, -0.2) is 20.3 Å². The van der Waals surface area contributed by atoms with Crippen molar-refractivity contribution >= 4 is 7.94 Å². The summed E-state index contributed by atoms with van der Waals surface area (Å²) in [4.78, 5) is 26.6. The molecule has 0 aromatic rings. The Labute approximate surface area is 75.0 Å². The van der Waals surface area contributed by atoms with Gasteiger partial charge in [-0.3, -0.25) is 0 Å². The predicted octanol–water partition coefficient (Wildman–Crippen LogP) is 2.08. The molecule has 3 N–H and O–H groups in total. The highest BCUT2D eigenvalue weighted by Gasteiger charge is 2.37. The SMILES string of the molecule is CCCCCCC(C)[P+](O)(O)O. The number of hydrogen-bond donors (Lipinski definition) is 3. The first-order valence-electron chi connectivity index (χ1n) is 4.55. The summed E-state index contributed by atoms with van der Waals surface area (Å²) in [6.45, 7) is 3.81. The molecule has 0 aliphatic carbocycles. The topological polar surface area (TPSA) is 60.7 Å². The molecule has 0 amide bonds. The Hall–Kier alpha value is 0.310. The monoisotopic (exact) mass is 195 g/mol. The van der Waals surface area contributed by atoms with Gasteiger partial charge in [-0.2, -0.15) is 14.7 Å². The summed E-state index contributed by atoms with van der Waals surface area (Å²) in [5.74, 6) is 0. The molecule has 0 saturated carbocycles. The van der Waals surface area contributed by atoms with Crippen LogP contribution in [0.4, 0.5) is 0 Å². The fourth-order valence-corrected chi connectivity index (χ4v) is 1.57. The zero-order chi connectivity index (χ0) is 9.61. The minimum absolute atomic E-state index is 0.352. The smallest absolute Gasteiger partial charge is 0.193 e. The zero-order valence-electron chi connectivity index (χ0n) is 7.90. The van der Waals surface area contributed by atoms with Crippen LogP contribution in [0, 0.1) is 0 Å². The van der Waals surface area contributed by atoms with Gasteiger partial charge in [-0.25, -0.2) is 0 Å². The molecule has 3 nitrogen and oxygen atoms in total. The van der Waals surface area contributed by atoms with Gasteiger partial charge in [0.2, 0.25) is 0 Å². The highest BCUT2D eigenvalue weighted by molar-refractivity contribution is 7.59. The van der Waals surface area contributed by atoms with Gasteiger partial charge < -0.3 is 0 Å². The summed E-state index contributed by atoms with van der Waals surface area (Å²) < 4.78 is 0. The van der Waals surface area contributed by atoms with Crippen LogP contribution < -0.4 is 0 Å². The molecule has 0 bridgehead atoms. The third-order valence-electron chi connectivity index (χ3n) is 2.07. The summed E-state index contributed by atoms with van der Waals surface area (Å²) in [5.41, 5.74) is -0.352. The molecule has 0 saturated heterocycles. The molecule has 0 aliphatic rings. The van der Waals surface area contributed by atoms with Crippen LogP contribution in [0.5, 0.6) is 0 Å². The molecule has 0 radical (unpaired) electrons. The van der Waals surface area contributed by atoms with Crippen LogP contribution in [0.2, 0.25) is 0 Å². The third-order valence-corrected chi connectivity index (χ3v) is 3.51. The normalized spacial score (nSPS) is 14.8. The molecular weight excluding hydrogens is 175 g/mol. The Kier molecular flexibility index (Phi) is 6.02. The zero-order valence-corrected chi connectivity index (χ0v) is 8.80. The average molecular weight is 195 g/mol. The maximum atomic E-state index is 8.86. The fraction of sp³-hybridized carbons (Fsp3) is 1.00. The van der Waals surface area contributed by atoms with Crippen LogP contribution in [0.25, 0.3) is 0 Å². The van der Waals surface area contributed by atoms with E-state index in [2.05, 4.69) is 6.92 Å². The molecule has 0 aromatic heterocycles. The van der Waals surface area contributed by atoms with Gasteiger partial charge in [-0.15, -0.1) is 0 Å². The first-order chi connectivity index (χ1) is 5.48. The molecule has 74 valence electrons. The van der Waals surface area contributed by atoms with Gasteiger partial charge >= 0.3 is 7.94 Å². The van der Waals surface area contributed by atoms with Crippen LogP contribution in [0.1, 0.15) is 46.0 Å². The van der Waals surface area contributed by atoms with Crippen LogP contribution in [0.3, 0.4) is 0 Å². The average Bonchev–Trinajstić information content (AvgIpc) is 1.96. The van der Waals surface area contributed by atoms with Gasteiger partial charge in [0.25, 0.3) is 0 Å². The second kappa shape index (κ2) is 5.87. The Morgan fingerprint density at radius 2 is 1.67 bits per heavy atom. The van der Waals surface area contributed by atoms with Gasteiger partial charge in [-0.05, 0) is 19.8 Å². The summed E-state index contributed by atoms with van der Waals surface area (Å²) in [7, 11) is -3.56.